The SMILES string of the molecule is CCOC(=O)Cc1c(C(=O)OC)c(C(=O)OC)n2ccccc12. The largest absolute Gasteiger partial charge is 0.466 e. The predicted octanol–water partition coefficient (Wildman–Crippen LogP) is 1.62. The van der Waals surface area contributed by atoms with Crippen molar-refractivity contribution < 1.29 is 28.6 Å². The van der Waals surface area contributed by atoms with Gasteiger partial charge in [0, 0.05) is 11.8 Å². The molecule has 0 aliphatic carbocycles. The number of hydrogen-bond donors (Lipinski definition) is 0. The minimum absolute atomic E-state index is 0.0126. The minimum Gasteiger partial charge on any atom is -0.466 e. The topological polar surface area (TPSA) is 83.3 Å². The zero-order chi connectivity index (χ0) is 17.0. The van der Waals surface area contributed by atoms with Crippen LogP contribution in [0.25, 0.3) is 5.52 Å². The van der Waals surface area contributed by atoms with Crippen molar-refractivity contribution in [1.82, 2.24) is 4.40 Å². The Morgan fingerprint density at radius 1 is 1.09 bits per heavy atom. The molecule has 0 aliphatic heterocycles. The Balaban J connectivity index is 2.74. The number of pyridine rings is 1. The molecular weight excluding hydrogens is 302 g/mol. The Bertz CT molecular complexity index is 761. The van der Waals surface area contributed by atoms with E-state index in [2.05, 4.69) is 0 Å². The Labute approximate surface area is 132 Å². The molecule has 0 saturated carbocycles. The number of nitrogens with zero attached hydrogens (tertiary/aromatic N) is 1. The molecule has 0 N–H and O–H groups in total. The van der Waals surface area contributed by atoms with E-state index in [1.54, 1.807) is 31.3 Å². The minimum atomic E-state index is -0.714. The summed E-state index contributed by atoms with van der Waals surface area (Å²) in [5, 5.41) is 0. The van der Waals surface area contributed by atoms with Crippen LogP contribution in [0.3, 0.4) is 0 Å². The second-order valence-electron chi connectivity index (χ2n) is 4.62. The summed E-state index contributed by atoms with van der Waals surface area (Å²) in [7, 11) is 2.43. The number of carbonyl (C=O) groups is 3. The zero-order valence-corrected chi connectivity index (χ0v) is 13.1. The van der Waals surface area contributed by atoms with Crippen LogP contribution in [0.4, 0.5) is 0 Å². The van der Waals surface area contributed by atoms with Crippen molar-refractivity contribution in [2.75, 3.05) is 20.8 Å². The lowest BCUT2D eigenvalue weighted by atomic mass is 10.1. The van der Waals surface area contributed by atoms with Crippen LogP contribution in [0.5, 0.6) is 0 Å². The lowest BCUT2D eigenvalue weighted by molar-refractivity contribution is -0.142. The van der Waals surface area contributed by atoms with E-state index < -0.39 is 17.9 Å². The fourth-order valence-electron chi connectivity index (χ4n) is 2.43. The van der Waals surface area contributed by atoms with Crippen molar-refractivity contribution >= 4 is 23.4 Å². The highest BCUT2D eigenvalue weighted by atomic mass is 16.5. The monoisotopic (exact) mass is 319 g/mol. The van der Waals surface area contributed by atoms with Gasteiger partial charge in [-0.2, -0.15) is 0 Å². The third kappa shape index (κ3) is 3.03. The van der Waals surface area contributed by atoms with Crippen LogP contribution in [0.15, 0.2) is 24.4 Å². The van der Waals surface area contributed by atoms with Gasteiger partial charge in [-0.25, -0.2) is 9.59 Å². The summed E-state index contributed by atoms with van der Waals surface area (Å²) in [5.41, 5.74) is 0.950. The fourth-order valence-corrected chi connectivity index (χ4v) is 2.43. The number of ether oxygens (including phenoxy) is 3. The average molecular weight is 319 g/mol. The van der Waals surface area contributed by atoms with Gasteiger partial charge in [0.05, 0.1) is 38.3 Å². The molecule has 0 saturated heterocycles. The van der Waals surface area contributed by atoms with Gasteiger partial charge in [-0.3, -0.25) is 4.79 Å². The number of aromatic nitrogens is 1. The number of hydrogen-bond acceptors (Lipinski definition) is 6. The van der Waals surface area contributed by atoms with Gasteiger partial charge in [0.25, 0.3) is 0 Å². The predicted molar refractivity (Wildman–Crippen MR) is 80.4 cm³/mol. The van der Waals surface area contributed by atoms with Crippen molar-refractivity contribution in [2.24, 2.45) is 0 Å². The number of fused-ring (bicyclic) bond motifs is 1. The first-order chi connectivity index (χ1) is 11.0. The summed E-state index contributed by atoms with van der Waals surface area (Å²) in [6.45, 7) is 1.92. The van der Waals surface area contributed by atoms with Gasteiger partial charge in [0.2, 0.25) is 0 Å². The van der Waals surface area contributed by atoms with Crippen LogP contribution in [-0.4, -0.2) is 43.1 Å². The van der Waals surface area contributed by atoms with Gasteiger partial charge in [0.15, 0.2) is 0 Å². The highest BCUT2D eigenvalue weighted by molar-refractivity contribution is 6.06. The first-order valence-corrected chi connectivity index (χ1v) is 6.99. The van der Waals surface area contributed by atoms with E-state index in [0.717, 1.165) is 0 Å². The number of esters is 3. The number of methoxy groups -OCH3 is 2. The Kier molecular flexibility index (Phi) is 5.00. The van der Waals surface area contributed by atoms with Gasteiger partial charge >= 0.3 is 17.9 Å². The molecule has 2 heterocycles. The van der Waals surface area contributed by atoms with Crippen LogP contribution in [0.1, 0.15) is 33.3 Å². The molecule has 0 amide bonds. The van der Waals surface area contributed by atoms with Gasteiger partial charge in [-0.15, -0.1) is 0 Å². The quantitative estimate of drug-likeness (QED) is 0.615. The molecular formula is C16H17NO6. The summed E-state index contributed by atoms with van der Waals surface area (Å²) < 4.78 is 16.0. The molecule has 2 aromatic heterocycles. The molecule has 0 spiro atoms. The highest BCUT2D eigenvalue weighted by Gasteiger charge is 2.30. The molecule has 2 rings (SSSR count). The number of carbonyl (C=O) groups excluding carboxylic acids is 3. The van der Waals surface area contributed by atoms with Gasteiger partial charge in [-0.1, -0.05) is 6.07 Å². The molecule has 2 aromatic rings. The molecule has 122 valence electrons. The molecule has 0 aliphatic rings. The van der Waals surface area contributed by atoms with Crippen LogP contribution >= 0.6 is 0 Å². The number of rotatable bonds is 5. The molecule has 7 nitrogen and oxygen atoms in total. The standard InChI is InChI=1S/C16H17NO6/c1-4-23-12(18)9-10-11-7-5-6-8-17(11)14(16(20)22-3)13(10)15(19)21-2/h5-8H,4,9H2,1-3H3. The lowest BCUT2D eigenvalue weighted by Gasteiger charge is -2.05. The molecule has 0 atom stereocenters. The van der Waals surface area contributed by atoms with Crippen molar-refractivity contribution in [3.8, 4) is 0 Å². The third-order valence-electron chi connectivity index (χ3n) is 3.34. The second-order valence-corrected chi connectivity index (χ2v) is 4.62. The molecule has 7 heteroatoms. The van der Waals surface area contributed by atoms with Crippen LogP contribution in [0.2, 0.25) is 0 Å². The van der Waals surface area contributed by atoms with E-state index in [9.17, 15) is 14.4 Å². The van der Waals surface area contributed by atoms with Crippen molar-refractivity contribution in [3.63, 3.8) is 0 Å². The summed E-state index contributed by atoms with van der Waals surface area (Å²) in [6.07, 6.45) is 1.46. The Morgan fingerprint density at radius 2 is 1.78 bits per heavy atom. The second kappa shape index (κ2) is 6.95. The molecule has 0 bridgehead atoms. The Morgan fingerprint density at radius 3 is 2.39 bits per heavy atom. The summed E-state index contributed by atoms with van der Waals surface area (Å²) >= 11 is 0. The zero-order valence-electron chi connectivity index (χ0n) is 13.1. The Hall–Kier alpha value is -2.83. The first kappa shape index (κ1) is 16.5. The van der Waals surface area contributed by atoms with Gasteiger partial charge < -0.3 is 18.6 Å². The molecule has 0 aromatic carbocycles. The van der Waals surface area contributed by atoms with E-state index in [4.69, 9.17) is 14.2 Å². The van der Waals surface area contributed by atoms with Crippen molar-refractivity contribution in [3.05, 3.63) is 41.2 Å². The highest BCUT2D eigenvalue weighted by Crippen LogP contribution is 2.26. The van der Waals surface area contributed by atoms with Crippen molar-refractivity contribution in [2.45, 2.75) is 13.3 Å². The summed E-state index contributed by atoms with van der Waals surface area (Å²) in [5.74, 6) is -1.90. The van der Waals surface area contributed by atoms with Crippen LogP contribution in [-0.2, 0) is 25.4 Å². The average Bonchev–Trinajstić information content (AvgIpc) is 2.88. The molecule has 0 radical (unpaired) electrons. The molecule has 23 heavy (non-hydrogen) atoms. The van der Waals surface area contributed by atoms with Gasteiger partial charge in [0.1, 0.15) is 5.69 Å². The van der Waals surface area contributed by atoms with E-state index in [0.29, 0.717) is 11.1 Å². The summed E-state index contributed by atoms with van der Waals surface area (Å²) in [6, 6.07) is 5.15. The summed E-state index contributed by atoms with van der Waals surface area (Å²) in [4.78, 5) is 36.2. The smallest absolute Gasteiger partial charge is 0.355 e. The van der Waals surface area contributed by atoms with Crippen LogP contribution in [0, 0.1) is 0 Å². The third-order valence-corrected chi connectivity index (χ3v) is 3.34. The maximum absolute atomic E-state index is 12.2. The molecule has 0 fully saturated rings. The maximum Gasteiger partial charge on any atom is 0.355 e. The van der Waals surface area contributed by atoms with E-state index in [-0.39, 0.29) is 24.3 Å². The van der Waals surface area contributed by atoms with E-state index >= 15 is 0 Å². The first-order valence-electron chi connectivity index (χ1n) is 6.99. The van der Waals surface area contributed by atoms with Gasteiger partial charge in [-0.05, 0) is 19.1 Å². The normalized spacial score (nSPS) is 10.4. The fraction of sp³-hybridized carbons (Fsp3) is 0.312. The lowest BCUT2D eigenvalue weighted by Crippen LogP contribution is -2.15. The van der Waals surface area contributed by atoms with E-state index in [1.807, 2.05) is 0 Å². The van der Waals surface area contributed by atoms with Crippen LogP contribution < -0.4 is 0 Å². The van der Waals surface area contributed by atoms with E-state index in [1.165, 1.54) is 18.6 Å². The van der Waals surface area contributed by atoms with Crippen molar-refractivity contribution in [1.29, 1.82) is 0 Å². The maximum atomic E-state index is 12.2. The molecule has 0 unspecified atom stereocenters.